The average Bonchev–Trinajstić information content (AvgIpc) is 2.74. The molecule has 2 aliphatic rings. The van der Waals surface area contributed by atoms with Crippen molar-refractivity contribution in [1.82, 2.24) is 10.2 Å². The van der Waals surface area contributed by atoms with Gasteiger partial charge in [0.05, 0.1) is 17.2 Å². The lowest BCUT2D eigenvalue weighted by Crippen LogP contribution is -2.70. The number of ether oxygens (including phenoxy) is 3. The van der Waals surface area contributed by atoms with E-state index >= 15 is 0 Å². The Morgan fingerprint density at radius 3 is 2.42 bits per heavy atom. The molecule has 0 aromatic heterocycles. The van der Waals surface area contributed by atoms with E-state index in [1.807, 2.05) is 0 Å². The van der Waals surface area contributed by atoms with E-state index < -0.39 is 59.9 Å². The number of nitrogens with zero attached hydrogens (tertiary/aromatic N) is 1. The standard InChI is InChI=1S/C19H24BrN3O9S/c1-19(2,3)17(28)32-8-31-16(27)13-9(6-30-18(21)29)7-33-15-12(14(26)23(13)15)22-11(25)4-10(24)5-20/h12,15H,4-8H2,1-3H3,(H2,21,29)(H,22,25)/t12?,15-/m1/s1. The van der Waals surface area contributed by atoms with Crippen molar-refractivity contribution in [2.75, 3.05) is 24.5 Å². The van der Waals surface area contributed by atoms with E-state index in [4.69, 9.17) is 19.9 Å². The predicted molar refractivity (Wildman–Crippen MR) is 118 cm³/mol. The number of nitrogens with one attached hydrogen (secondary N) is 1. The third-order valence-corrected chi connectivity index (χ3v) is 6.41. The van der Waals surface area contributed by atoms with E-state index in [1.54, 1.807) is 20.8 Å². The van der Waals surface area contributed by atoms with Gasteiger partial charge in [-0.15, -0.1) is 11.8 Å². The zero-order valence-electron chi connectivity index (χ0n) is 18.2. The van der Waals surface area contributed by atoms with Crippen LogP contribution in [-0.2, 0) is 38.2 Å². The number of β-lactam (4-membered cyclic amide) rings is 1. The van der Waals surface area contributed by atoms with Crippen LogP contribution in [0.1, 0.15) is 27.2 Å². The maximum absolute atomic E-state index is 12.7. The van der Waals surface area contributed by atoms with Crippen molar-refractivity contribution < 1.29 is 43.0 Å². The van der Waals surface area contributed by atoms with Gasteiger partial charge in [-0.25, -0.2) is 9.59 Å². The molecule has 0 bridgehead atoms. The van der Waals surface area contributed by atoms with Crippen molar-refractivity contribution in [3.63, 3.8) is 0 Å². The number of ketones is 1. The molecule has 0 aliphatic carbocycles. The fourth-order valence-corrected chi connectivity index (χ4v) is 4.34. The number of halogens is 1. The van der Waals surface area contributed by atoms with Gasteiger partial charge in [-0.05, 0) is 20.8 Å². The van der Waals surface area contributed by atoms with Gasteiger partial charge in [-0.1, -0.05) is 15.9 Å². The molecule has 12 nitrogen and oxygen atoms in total. The number of nitrogens with two attached hydrogens (primary N) is 1. The predicted octanol–water partition coefficient (Wildman–Crippen LogP) is 0.180. The van der Waals surface area contributed by atoms with Crippen molar-refractivity contribution in [2.24, 2.45) is 11.1 Å². The lowest BCUT2D eigenvalue weighted by atomic mass is 9.98. The number of Topliss-reactive ketones (excluding diaryl/α,β-unsaturated/α-hetero) is 1. The van der Waals surface area contributed by atoms with Crippen LogP contribution in [-0.4, -0.2) is 76.4 Å². The molecule has 2 atom stereocenters. The topological polar surface area (TPSA) is 171 Å². The summed E-state index contributed by atoms with van der Waals surface area (Å²) in [6.07, 6.45) is -1.47. The number of thioether (sulfide) groups is 1. The summed E-state index contributed by atoms with van der Waals surface area (Å²) in [5.41, 5.74) is 4.26. The molecule has 2 rings (SSSR count). The van der Waals surface area contributed by atoms with Crippen LogP contribution in [0.15, 0.2) is 11.3 Å². The van der Waals surface area contributed by atoms with Gasteiger partial charge in [0.2, 0.25) is 12.7 Å². The van der Waals surface area contributed by atoms with Crippen molar-refractivity contribution in [3.05, 3.63) is 11.3 Å². The molecule has 0 aromatic rings. The zero-order valence-corrected chi connectivity index (χ0v) is 20.6. The molecule has 33 heavy (non-hydrogen) atoms. The van der Waals surface area contributed by atoms with Gasteiger partial charge in [0.15, 0.2) is 5.78 Å². The van der Waals surface area contributed by atoms with Crippen LogP contribution in [0, 0.1) is 5.41 Å². The summed E-state index contributed by atoms with van der Waals surface area (Å²) < 4.78 is 14.7. The number of hydrogen-bond donors (Lipinski definition) is 2. The SMILES string of the molecule is CC(C)(C)C(=O)OCOC(=O)C1=C(COC(N)=O)CS[C@@H]2C(NC(=O)CC(=O)CBr)C(=O)N12. The number of carbonyl (C=O) groups excluding carboxylic acids is 6. The number of hydrogen-bond acceptors (Lipinski definition) is 10. The third kappa shape index (κ3) is 6.69. The smallest absolute Gasteiger partial charge is 0.404 e. The number of rotatable bonds is 9. The number of carbonyl (C=O) groups is 6. The van der Waals surface area contributed by atoms with Crippen LogP contribution < -0.4 is 11.1 Å². The molecular formula is C19H24BrN3O9S. The third-order valence-electron chi connectivity index (χ3n) is 4.44. The van der Waals surface area contributed by atoms with Gasteiger partial charge in [0, 0.05) is 11.3 Å². The second kappa shape index (κ2) is 11.0. The Labute approximate surface area is 202 Å². The maximum Gasteiger partial charge on any atom is 0.404 e. The minimum Gasteiger partial charge on any atom is -0.445 e. The minimum atomic E-state index is -1.07. The molecule has 0 aromatic carbocycles. The molecule has 1 saturated heterocycles. The lowest BCUT2D eigenvalue weighted by Gasteiger charge is -2.49. The molecule has 2 aliphatic heterocycles. The Morgan fingerprint density at radius 2 is 1.85 bits per heavy atom. The van der Waals surface area contributed by atoms with Crippen molar-refractivity contribution in [2.45, 2.75) is 38.6 Å². The maximum atomic E-state index is 12.7. The summed E-state index contributed by atoms with van der Waals surface area (Å²) >= 11 is 4.18. The minimum absolute atomic E-state index is 0.00503. The van der Waals surface area contributed by atoms with Gasteiger partial charge >= 0.3 is 18.0 Å². The first-order chi connectivity index (χ1) is 15.4. The van der Waals surface area contributed by atoms with Crippen LogP contribution in [0.3, 0.4) is 0 Å². The number of alkyl halides is 1. The van der Waals surface area contributed by atoms with Crippen LogP contribution in [0.4, 0.5) is 4.79 Å². The number of esters is 2. The molecule has 1 fully saturated rings. The second-order valence-corrected chi connectivity index (χ2v) is 9.76. The number of amides is 3. The first-order valence-electron chi connectivity index (χ1n) is 9.67. The summed E-state index contributed by atoms with van der Waals surface area (Å²) in [5, 5.41) is 1.85. The second-order valence-electron chi connectivity index (χ2n) is 8.10. The van der Waals surface area contributed by atoms with E-state index in [0.29, 0.717) is 0 Å². The molecule has 3 N–H and O–H groups in total. The Bertz CT molecular complexity index is 899. The van der Waals surface area contributed by atoms with E-state index in [0.717, 1.165) is 4.90 Å². The Morgan fingerprint density at radius 1 is 1.18 bits per heavy atom. The summed E-state index contributed by atoms with van der Waals surface area (Å²) in [6.45, 7) is 3.83. The average molecular weight is 550 g/mol. The van der Waals surface area contributed by atoms with Crippen LogP contribution >= 0.6 is 27.7 Å². The normalized spacial score (nSPS) is 19.8. The Balaban J connectivity index is 2.14. The molecule has 182 valence electrons. The van der Waals surface area contributed by atoms with Crippen LogP contribution in [0.2, 0.25) is 0 Å². The highest BCUT2D eigenvalue weighted by atomic mass is 79.9. The van der Waals surface area contributed by atoms with Crippen molar-refractivity contribution >= 4 is 63.3 Å². The largest absolute Gasteiger partial charge is 0.445 e. The number of fused-ring (bicyclic) bond motifs is 1. The van der Waals surface area contributed by atoms with Crippen LogP contribution in [0.5, 0.6) is 0 Å². The summed E-state index contributed by atoms with van der Waals surface area (Å²) in [5.74, 6) is -2.99. The Kier molecular flexibility index (Phi) is 8.89. The quantitative estimate of drug-likeness (QED) is 0.133. The number of primary amides is 1. The van der Waals surface area contributed by atoms with E-state index in [-0.39, 0.29) is 34.7 Å². The van der Waals surface area contributed by atoms with Crippen molar-refractivity contribution in [1.29, 1.82) is 0 Å². The van der Waals surface area contributed by atoms with Crippen LogP contribution in [0.25, 0.3) is 0 Å². The first kappa shape index (κ1) is 26.6. The van der Waals surface area contributed by atoms with E-state index in [2.05, 4.69) is 21.2 Å². The van der Waals surface area contributed by atoms with Gasteiger partial charge in [-0.3, -0.25) is 24.1 Å². The van der Waals surface area contributed by atoms with Gasteiger partial charge in [0.25, 0.3) is 5.91 Å². The fraction of sp³-hybridized carbons (Fsp3) is 0.579. The lowest BCUT2D eigenvalue weighted by molar-refractivity contribution is -0.173. The summed E-state index contributed by atoms with van der Waals surface area (Å²) in [6, 6.07) is -0.953. The van der Waals surface area contributed by atoms with Crippen molar-refractivity contribution in [3.8, 4) is 0 Å². The molecule has 14 heteroatoms. The van der Waals surface area contributed by atoms with E-state index in [1.165, 1.54) is 11.8 Å². The monoisotopic (exact) mass is 549 g/mol. The van der Waals surface area contributed by atoms with E-state index in [9.17, 15) is 28.8 Å². The molecule has 1 unspecified atom stereocenters. The highest BCUT2D eigenvalue weighted by molar-refractivity contribution is 9.09. The molecule has 0 saturated carbocycles. The molecule has 3 amide bonds. The highest BCUT2D eigenvalue weighted by Crippen LogP contribution is 2.40. The molecule has 2 heterocycles. The summed E-state index contributed by atoms with van der Waals surface area (Å²) in [7, 11) is 0. The summed E-state index contributed by atoms with van der Waals surface area (Å²) in [4.78, 5) is 72.9. The van der Waals surface area contributed by atoms with Gasteiger partial charge in [0.1, 0.15) is 23.7 Å². The fourth-order valence-electron chi connectivity index (χ4n) is 2.81. The highest BCUT2D eigenvalue weighted by Gasteiger charge is 2.54. The zero-order chi connectivity index (χ0) is 24.9. The van der Waals surface area contributed by atoms with Gasteiger partial charge < -0.3 is 25.3 Å². The first-order valence-corrected chi connectivity index (χ1v) is 11.8. The van der Waals surface area contributed by atoms with Gasteiger partial charge in [-0.2, -0.15) is 0 Å². The molecular weight excluding hydrogens is 526 g/mol. The molecule has 0 spiro atoms. The Hall–Kier alpha value is -2.61. The molecule has 0 radical (unpaired) electrons.